The highest BCUT2D eigenvalue weighted by Gasteiger charge is 2.37. The molecule has 3 rings (SSSR count). The van der Waals surface area contributed by atoms with Crippen LogP contribution in [0.4, 0.5) is 5.69 Å². The first-order valence-electron chi connectivity index (χ1n) is 7.76. The lowest BCUT2D eigenvalue weighted by molar-refractivity contribution is 0.0946. The van der Waals surface area contributed by atoms with E-state index in [1.54, 1.807) is 30.3 Å². The number of ketones is 1. The second-order valence-corrected chi connectivity index (χ2v) is 8.16. The van der Waals surface area contributed by atoms with Gasteiger partial charge < -0.3 is 4.90 Å². The average molecular weight is 393 g/mol. The van der Waals surface area contributed by atoms with Gasteiger partial charge in [0.25, 0.3) is 0 Å². The lowest BCUT2D eigenvalue weighted by atomic mass is 9.96. The zero-order valence-corrected chi connectivity index (χ0v) is 15.8. The third kappa shape index (κ3) is 3.92. The third-order valence-electron chi connectivity index (χ3n) is 4.15. The van der Waals surface area contributed by atoms with Crippen LogP contribution in [0.1, 0.15) is 15.9 Å². The smallest absolute Gasteiger partial charge is 0.204 e. The molecule has 0 N–H and O–H groups in total. The van der Waals surface area contributed by atoms with E-state index in [-0.39, 0.29) is 5.78 Å². The quantitative estimate of drug-likeness (QED) is 0.478. The molecule has 0 saturated heterocycles. The van der Waals surface area contributed by atoms with Crippen molar-refractivity contribution in [2.45, 2.75) is 3.79 Å². The number of hydrogen-bond donors (Lipinski definition) is 0. The highest BCUT2D eigenvalue weighted by molar-refractivity contribution is 6.68. The molecule has 0 aliphatic carbocycles. The lowest BCUT2D eigenvalue weighted by Gasteiger charge is -2.29. The minimum atomic E-state index is -1.74. The van der Waals surface area contributed by atoms with Crippen molar-refractivity contribution < 1.29 is 4.79 Å². The van der Waals surface area contributed by atoms with Gasteiger partial charge in [0.05, 0.1) is 5.92 Å². The predicted molar refractivity (Wildman–Crippen MR) is 107 cm³/mol. The molecule has 5 heteroatoms. The monoisotopic (exact) mass is 391 g/mol. The number of para-hydroxylation sites is 1. The lowest BCUT2D eigenvalue weighted by Crippen LogP contribution is -2.29. The minimum absolute atomic E-state index is 0.228. The molecule has 1 aliphatic heterocycles. The second kappa shape index (κ2) is 7.25. The van der Waals surface area contributed by atoms with Crippen LogP contribution in [0, 0.1) is 5.92 Å². The fraction of sp³-hybridized carbons (Fsp3) is 0.150. The van der Waals surface area contributed by atoms with Crippen LogP contribution in [-0.2, 0) is 0 Å². The van der Waals surface area contributed by atoms with Crippen LogP contribution in [0.5, 0.6) is 0 Å². The maximum absolute atomic E-state index is 12.9. The van der Waals surface area contributed by atoms with Gasteiger partial charge in [-0.25, -0.2) is 0 Å². The summed E-state index contributed by atoms with van der Waals surface area (Å²) in [5, 5.41) is 0. The standard InChI is InChI=1S/C20H16Cl3NO/c1-24-16(12-11-14-7-5-6-10-18(14)24)13-17(20(21,22)23)19(25)15-8-3-2-4-9-15/h2-13,17H,1H3. The summed E-state index contributed by atoms with van der Waals surface area (Å²) in [6, 6.07) is 16.9. The molecular weight excluding hydrogens is 377 g/mol. The van der Waals surface area contributed by atoms with Crippen molar-refractivity contribution in [2.24, 2.45) is 5.92 Å². The molecule has 128 valence electrons. The molecule has 25 heavy (non-hydrogen) atoms. The van der Waals surface area contributed by atoms with E-state index in [4.69, 9.17) is 34.8 Å². The van der Waals surface area contributed by atoms with Gasteiger partial charge >= 0.3 is 0 Å². The van der Waals surface area contributed by atoms with E-state index in [1.165, 1.54) is 0 Å². The Balaban J connectivity index is 1.99. The Bertz CT molecular complexity index is 838. The zero-order valence-electron chi connectivity index (χ0n) is 13.5. The summed E-state index contributed by atoms with van der Waals surface area (Å²) in [5.41, 5.74) is 3.45. The summed E-state index contributed by atoms with van der Waals surface area (Å²) < 4.78 is -1.74. The summed E-state index contributed by atoms with van der Waals surface area (Å²) >= 11 is 18.4. The van der Waals surface area contributed by atoms with Crippen molar-refractivity contribution in [2.75, 3.05) is 11.9 Å². The molecule has 0 aromatic heterocycles. The molecular formula is C20H16Cl3NO. The van der Waals surface area contributed by atoms with E-state index in [1.807, 2.05) is 54.4 Å². The van der Waals surface area contributed by atoms with Gasteiger partial charge in [-0.05, 0) is 23.8 Å². The third-order valence-corrected chi connectivity index (χ3v) is 4.86. The summed E-state index contributed by atoms with van der Waals surface area (Å²) in [6.45, 7) is 0. The number of hydrogen-bond acceptors (Lipinski definition) is 2. The predicted octanol–water partition coefficient (Wildman–Crippen LogP) is 5.90. The fourth-order valence-corrected chi connectivity index (χ4v) is 3.29. The molecule has 2 aromatic rings. The first-order chi connectivity index (χ1) is 11.9. The molecule has 0 saturated carbocycles. The van der Waals surface area contributed by atoms with E-state index in [0.717, 1.165) is 16.9 Å². The van der Waals surface area contributed by atoms with Crippen molar-refractivity contribution in [3.8, 4) is 0 Å². The Kier molecular flexibility index (Phi) is 5.24. The highest BCUT2D eigenvalue weighted by Crippen LogP contribution is 2.40. The number of Topliss-reactive ketones (excluding diaryl/α,β-unsaturated/α-hetero) is 1. The van der Waals surface area contributed by atoms with E-state index in [0.29, 0.717) is 5.56 Å². The number of benzene rings is 2. The Morgan fingerprint density at radius 1 is 1.00 bits per heavy atom. The van der Waals surface area contributed by atoms with Crippen LogP contribution in [0.15, 0.2) is 72.4 Å². The van der Waals surface area contributed by atoms with Crippen molar-refractivity contribution >= 4 is 52.3 Å². The van der Waals surface area contributed by atoms with E-state index >= 15 is 0 Å². The largest absolute Gasteiger partial charge is 0.344 e. The van der Waals surface area contributed by atoms with Gasteiger partial charge in [-0.3, -0.25) is 4.79 Å². The van der Waals surface area contributed by atoms with E-state index in [9.17, 15) is 4.79 Å². The number of nitrogens with zero attached hydrogens (tertiary/aromatic N) is 1. The number of likely N-dealkylation sites (N-methyl/N-ethyl adjacent to an activating group) is 1. The van der Waals surface area contributed by atoms with Crippen LogP contribution in [0.25, 0.3) is 6.08 Å². The number of alkyl halides is 3. The van der Waals surface area contributed by atoms with Gasteiger partial charge in [0.2, 0.25) is 3.79 Å². The van der Waals surface area contributed by atoms with Gasteiger partial charge in [-0.2, -0.15) is 0 Å². The van der Waals surface area contributed by atoms with E-state index < -0.39 is 9.71 Å². The van der Waals surface area contributed by atoms with Crippen LogP contribution in [0.2, 0.25) is 0 Å². The summed E-state index contributed by atoms with van der Waals surface area (Å²) in [4.78, 5) is 14.9. The molecule has 2 aromatic carbocycles. The number of rotatable bonds is 3. The minimum Gasteiger partial charge on any atom is -0.344 e. The Hall–Kier alpha value is -1.74. The molecule has 0 bridgehead atoms. The Labute approximate surface area is 162 Å². The first kappa shape index (κ1) is 18.1. The molecule has 2 nitrogen and oxygen atoms in total. The van der Waals surface area contributed by atoms with Crippen LogP contribution >= 0.6 is 34.8 Å². The van der Waals surface area contributed by atoms with Crippen molar-refractivity contribution in [3.63, 3.8) is 0 Å². The average Bonchev–Trinajstić information content (AvgIpc) is 2.60. The van der Waals surface area contributed by atoms with Crippen molar-refractivity contribution in [3.05, 3.63) is 83.6 Å². The second-order valence-electron chi connectivity index (χ2n) is 5.79. The van der Waals surface area contributed by atoms with Gasteiger partial charge in [-0.1, -0.05) is 89.4 Å². The maximum atomic E-state index is 12.9. The Morgan fingerprint density at radius 3 is 2.32 bits per heavy atom. The molecule has 0 fully saturated rings. The maximum Gasteiger partial charge on any atom is 0.204 e. The number of allylic oxidation sites excluding steroid dienone is 2. The van der Waals surface area contributed by atoms with Gasteiger partial charge in [-0.15, -0.1) is 0 Å². The van der Waals surface area contributed by atoms with Gasteiger partial charge in [0.15, 0.2) is 5.78 Å². The molecule has 0 spiro atoms. The van der Waals surface area contributed by atoms with Gasteiger partial charge in [0, 0.05) is 24.0 Å². The highest BCUT2D eigenvalue weighted by atomic mass is 35.6. The molecule has 1 unspecified atom stereocenters. The molecule has 1 aliphatic rings. The zero-order chi connectivity index (χ0) is 18.0. The van der Waals surface area contributed by atoms with Crippen LogP contribution < -0.4 is 4.90 Å². The fourth-order valence-electron chi connectivity index (χ4n) is 2.80. The number of carbonyl (C=O) groups is 1. The van der Waals surface area contributed by atoms with Gasteiger partial charge in [0.1, 0.15) is 0 Å². The van der Waals surface area contributed by atoms with Crippen molar-refractivity contribution in [1.29, 1.82) is 0 Å². The van der Waals surface area contributed by atoms with Crippen LogP contribution in [-0.4, -0.2) is 16.6 Å². The molecule has 1 atom stereocenters. The summed E-state index contributed by atoms with van der Waals surface area (Å²) in [7, 11) is 1.93. The number of anilines is 1. The normalized spacial score (nSPS) is 16.6. The Morgan fingerprint density at radius 2 is 1.64 bits per heavy atom. The van der Waals surface area contributed by atoms with E-state index in [2.05, 4.69) is 0 Å². The number of fused-ring (bicyclic) bond motifs is 1. The topological polar surface area (TPSA) is 20.3 Å². The van der Waals surface area contributed by atoms with Crippen molar-refractivity contribution in [1.82, 2.24) is 0 Å². The SMILES string of the molecule is CN1C(=CC(C(=O)c2ccccc2)C(Cl)(Cl)Cl)C=Cc2ccccc21. The molecule has 0 amide bonds. The first-order valence-corrected chi connectivity index (χ1v) is 8.90. The number of carbonyl (C=O) groups excluding carboxylic acids is 1. The summed E-state index contributed by atoms with van der Waals surface area (Å²) in [5.74, 6) is -1.12. The summed E-state index contributed by atoms with van der Waals surface area (Å²) in [6.07, 6.45) is 5.63. The molecule has 1 heterocycles. The molecule has 0 radical (unpaired) electrons. The van der Waals surface area contributed by atoms with Crippen LogP contribution in [0.3, 0.4) is 0 Å². The number of halogens is 3.